The largest absolute Gasteiger partial charge is 0.391 e. The van der Waals surface area contributed by atoms with E-state index in [1.54, 1.807) is 0 Å². The molecule has 0 aromatic heterocycles. The van der Waals surface area contributed by atoms with Gasteiger partial charge in [-0.2, -0.15) is 0 Å². The minimum Gasteiger partial charge on any atom is -0.391 e. The lowest BCUT2D eigenvalue weighted by molar-refractivity contribution is 0.0352. The van der Waals surface area contributed by atoms with Gasteiger partial charge in [-0.1, -0.05) is 0 Å². The first-order chi connectivity index (χ1) is 5.20. The SMILES string of the molecule is CC(C)OCC1NCCC1O. The second-order valence-corrected chi connectivity index (χ2v) is 3.30. The van der Waals surface area contributed by atoms with Crippen LogP contribution in [-0.4, -0.2) is 36.5 Å². The van der Waals surface area contributed by atoms with Gasteiger partial charge < -0.3 is 15.2 Å². The van der Waals surface area contributed by atoms with Crippen molar-refractivity contribution < 1.29 is 9.84 Å². The van der Waals surface area contributed by atoms with E-state index in [0.717, 1.165) is 13.0 Å². The zero-order valence-electron chi connectivity index (χ0n) is 7.21. The summed E-state index contributed by atoms with van der Waals surface area (Å²) in [5.41, 5.74) is 0. The molecule has 1 rings (SSSR count). The minimum atomic E-state index is -0.214. The summed E-state index contributed by atoms with van der Waals surface area (Å²) >= 11 is 0. The lowest BCUT2D eigenvalue weighted by atomic mass is 10.2. The molecule has 11 heavy (non-hydrogen) atoms. The number of aliphatic hydroxyl groups is 1. The fourth-order valence-electron chi connectivity index (χ4n) is 1.22. The van der Waals surface area contributed by atoms with Gasteiger partial charge in [-0.25, -0.2) is 0 Å². The molecule has 1 fully saturated rings. The summed E-state index contributed by atoms with van der Waals surface area (Å²) in [4.78, 5) is 0. The zero-order valence-corrected chi connectivity index (χ0v) is 7.21. The molecule has 0 aromatic rings. The van der Waals surface area contributed by atoms with E-state index >= 15 is 0 Å². The molecule has 1 aliphatic heterocycles. The summed E-state index contributed by atoms with van der Waals surface area (Å²) in [7, 11) is 0. The van der Waals surface area contributed by atoms with Gasteiger partial charge in [-0.05, 0) is 26.8 Å². The smallest absolute Gasteiger partial charge is 0.0727 e. The molecule has 1 saturated heterocycles. The molecule has 0 aliphatic carbocycles. The van der Waals surface area contributed by atoms with E-state index in [-0.39, 0.29) is 18.2 Å². The Balaban J connectivity index is 2.15. The maximum atomic E-state index is 9.36. The predicted molar refractivity (Wildman–Crippen MR) is 43.5 cm³/mol. The van der Waals surface area contributed by atoms with Gasteiger partial charge in [0.1, 0.15) is 0 Å². The Labute approximate surface area is 67.7 Å². The van der Waals surface area contributed by atoms with E-state index < -0.39 is 0 Å². The Bertz CT molecular complexity index is 117. The highest BCUT2D eigenvalue weighted by molar-refractivity contribution is 4.82. The van der Waals surface area contributed by atoms with Crippen molar-refractivity contribution in [2.45, 2.75) is 38.5 Å². The van der Waals surface area contributed by atoms with E-state index in [2.05, 4.69) is 5.32 Å². The molecule has 0 aromatic carbocycles. The van der Waals surface area contributed by atoms with Gasteiger partial charge in [0, 0.05) is 0 Å². The number of hydrogen-bond donors (Lipinski definition) is 2. The molecule has 0 spiro atoms. The normalized spacial score (nSPS) is 31.6. The number of ether oxygens (including phenoxy) is 1. The van der Waals surface area contributed by atoms with Gasteiger partial charge in [0.15, 0.2) is 0 Å². The third-order valence-electron chi connectivity index (χ3n) is 1.92. The van der Waals surface area contributed by atoms with Crippen LogP contribution in [0.5, 0.6) is 0 Å². The van der Waals surface area contributed by atoms with E-state index in [0.29, 0.717) is 6.61 Å². The minimum absolute atomic E-state index is 0.150. The Morgan fingerprint density at radius 3 is 2.82 bits per heavy atom. The van der Waals surface area contributed by atoms with Crippen LogP contribution in [0.3, 0.4) is 0 Å². The average Bonchev–Trinajstić information content (AvgIpc) is 2.31. The standard InChI is InChI=1S/C8H17NO2/c1-6(2)11-5-7-8(10)3-4-9-7/h6-10H,3-5H2,1-2H3. The van der Waals surface area contributed by atoms with Crippen molar-refractivity contribution in [3.63, 3.8) is 0 Å². The van der Waals surface area contributed by atoms with Crippen LogP contribution in [0.15, 0.2) is 0 Å². The summed E-state index contributed by atoms with van der Waals surface area (Å²) < 4.78 is 5.37. The number of nitrogens with one attached hydrogen (secondary N) is 1. The highest BCUT2D eigenvalue weighted by atomic mass is 16.5. The molecule has 0 saturated carbocycles. The van der Waals surface area contributed by atoms with Crippen LogP contribution in [0.1, 0.15) is 20.3 Å². The molecule has 2 unspecified atom stereocenters. The summed E-state index contributed by atoms with van der Waals surface area (Å²) in [6.07, 6.45) is 0.893. The highest BCUT2D eigenvalue weighted by Gasteiger charge is 2.24. The Morgan fingerprint density at radius 2 is 2.36 bits per heavy atom. The molecule has 66 valence electrons. The summed E-state index contributed by atoms with van der Waals surface area (Å²) in [5.74, 6) is 0. The average molecular weight is 159 g/mol. The van der Waals surface area contributed by atoms with Gasteiger partial charge in [-0.3, -0.25) is 0 Å². The van der Waals surface area contributed by atoms with Crippen molar-refractivity contribution in [3.05, 3.63) is 0 Å². The van der Waals surface area contributed by atoms with Gasteiger partial charge in [0.05, 0.1) is 24.9 Å². The Hall–Kier alpha value is -0.120. The second-order valence-electron chi connectivity index (χ2n) is 3.30. The van der Waals surface area contributed by atoms with Gasteiger partial charge in [-0.15, -0.1) is 0 Å². The monoisotopic (exact) mass is 159 g/mol. The van der Waals surface area contributed by atoms with Crippen molar-refractivity contribution in [2.24, 2.45) is 0 Å². The van der Waals surface area contributed by atoms with E-state index in [1.165, 1.54) is 0 Å². The maximum absolute atomic E-state index is 9.36. The molecule has 0 amide bonds. The van der Waals surface area contributed by atoms with Gasteiger partial charge in [0.2, 0.25) is 0 Å². The maximum Gasteiger partial charge on any atom is 0.0727 e. The van der Waals surface area contributed by atoms with E-state index in [9.17, 15) is 5.11 Å². The Kier molecular flexibility index (Phi) is 3.30. The molecule has 2 atom stereocenters. The van der Waals surface area contributed by atoms with Gasteiger partial charge >= 0.3 is 0 Å². The molecule has 1 heterocycles. The summed E-state index contributed by atoms with van der Waals surface area (Å²) in [5, 5.41) is 12.5. The third kappa shape index (κ3) is 2.77. The summed E-state index contributed by atoms with van der Waals surface area (Å²) in [6.45, 7) is 5.54. The first-order valence-electron chi connectivity index (χ1n) is 4.23. The molecule has 2 N–H and O–H groups in total. The number of rotatable bonds is 3. The van der Waals surface area contributed by atoms with Crippen molar-refractivity contribution in [1.29, 1.82) is 0 Å². The molecular weight excluding hydrogens is 142 g/mol. The van der Waals surface area contributed by atoms with Crippen molar-refractivity contribution in [2.75, 3.05) is 13.2 Å². The molecule has 0 bridgehead atoms. The molecule has 1 aliphatic rings. The molecule has 3 heteroatoms. The number of aliphatic hydroxyl groups excluding tert-OH is 1. The Morgan fingerprint density at radius 1 is 1.64 bits per heavy atom. The van der Waals surface area contributed by atoms with Crippen LogP contribution in [-0.2, 0) is 4.74 Å². The molecular formula is C8H17NO2. The van der Waals surface area contributed by atoms with Gasteiger partial charge in [0.25, 0.3) is 0 Å². The van der Waals surface area contributed by atoms with Crippen LogP contribution in [0, 0.1) is 0 Å². The van der Waals surface area contributed by atoms with Crippen molar-refractivity contribution in [3.8, 4) is 0 Å². The van der Waals surface area contributed by atoms with Crippen LogP contribution >= 0.6 is 0 Å². The fraction of sp³-hybridized carbons (Fsp3) is 1.00. The lowest BCUT2D eigenvalue weighted by Crippen LogP contribution is -2.35. The van der Waals surface area contributed by atoms with E-state index in [4.69, 9.17) is 4.74 Å². The topological polar surface area (TPSA) is 41.5 Å². The first kappa shape index (κ1) is 8.97. The third-order valence-corrected chi connectivity index (χ3v) is 1.92. The van der Waals surface area contributed by atoms with Crippen molar-refractivity contribution in [1.82, 2.24) is 5.32 Å². The van der Waals surface area contributed by atoms with Crippen LogP contribution < -0.4 is 5.32 Å². The lowest BCUT2D eigenvalue weighted by Gasteiger charge is -2.16. The van der Waals surface area contributed by atoms with E-state index in [1.807, 2.05) is 13.8 Å². The summed E-state index contributed by atoms with van der Waals surface area (Å²) in [6, 6.07) is 0.150. The second kappa shape index (κ2) is 4.04. The molecule has 3 nitrogen and oxygen atoms in total. The molecule has 0 radical (unpaired) electrons. The van der Waals surface area contributed by atoms with Crippen LogP contribution in [0.4, 0.5) is 0 Å². The predicted octanol–water partition coefficient (Wildman–Crippen LogP) is 0.134. The highest BCUT2D eigenvalue weighted by Crippen LogP contribution is 2.07. The zero-order chi connectivity index (χ0) is 8.27. The van der Waals surface area contributed by atoms with Crippen LogP contribution in [0.2, 0.25) is 0 Å². The first-order valence-corrected chi connectivity index (χ1v) is 4.23. The quantitative estimate of drug-likeness (QED) is 0.615. The van der Waals surface area contributed by atoms with Crippen LogP contribution in [0.25, 0.3) is 0 Å². The number of hydrogen-bond acceptors (Lipinski definition) is 3. The fourth-order valence-corrected chi connectivity index (χ4v) is 1.22. The van der Waals surface area contributed by atoms with Crippen molar-refractivity contribution >= 4 is 0 Å².